The van der Waals surface area contributed by atoms with E-state index in [4.69, 9.17) is 5.73 Å². The number of hydrogen-bond donors (Lipinski definition) is 3. The molecular formula is C12H17N5O4S. The number of hydrogen-bond acceptors (Lipinski definition) is 6. The first-order valence-corrected chi connectivity index (χ1v) is 8.05. The van der Waals surface area contributed by atoms with E-state index < -0.39 is 21.3 Å². The number of pyridine rings is 1. The number of aryl methyl sites for hydroxylation is 1. The van der Waals surface area contributed by atoms with Crippen molar-refractivity contribution in [2.45, 2.75) is 24.3 Å². The Morgan fingerprint density at radius 2 is 2.14 bits per heavy atom. The average molecular weight is 327 g/mol. The molecule has 1 atom stereocenters. The normalized spacial score (nSPS) is 13.4. The van der Waals surface area contributed by atoms with Gasteiger partial charge in [-0.3, -0.25) is 14.3 Å². The summed E-state index contributed by atoms with van der Waals surface area (Å²) in [7, 11) is -2.36. The van der Waals surface area contributed by atoms with Crippen LogP contribution in [-0.2, 0) is 17.1 Å². The monoisotopic (exact) mass is 327 g/mol. The van der Waals surface area contributed by atoms with Gasteiger partial charge >= 0.3 is 5.69 Å². The molecule has 0 aliphatic heterocycles. The molecule has 0 saturated carbocycles. The van der Waals surface area contributed by atoms with Crippen molar-refractivity contribution in [3.8, 4) is 0 Å². The first-order chi connectivity index (χ1) is 10.2. The number of nitrogens with zero attached hydrogens (tertiary/aromatic N) is 2. The Morgan fingerprint density at radius 1 is 1.45 bits per heavy atom. The summed E-state index contributed by atoms with van der Waals surface area (Å²) in [5.74, 6) is 0. The Kier molecular flexibility index (Phi) is 4.44. The maximum absolute atomic E-state index is 12.1. The third-order valence-corrected chi connectivity index (χ3v) is 4.56. The van der Waals surface area contributed by atoms with Gasteiger partial charge in [-0.2, -0.15) is 0 Å². The maximum atomic E-state index is 12.1. The summed E-state index contributed by atoms with van der Waals surface area (Å²) in [6.07, 6.45) is 1.59. The molecule has 0 saturated heterocycles. The SMILES string of the molecule is CC(N)CCNS(=O)(=O)c1cnc2c(c1)c(=O)[nH]c(=O)n2C. The average Bonchev–Trinajstić information content (AvgIpc) is 2.43. The number of fused-ring (bicyclic) bond motifs is 1. The van der Waals surface area contributed by atoms with Gasteiger partial charge in [-0.05, 0) is 19.4 Å². The van der Waals surface area contributed by atoms with E-state index in [2.05, 4.69) is 14.7 Å². The van der Waals surface area contributed by atoms with Crippen LogP contribution in [0.1, 0.15) is 13.3 Å². The molecule has 0 fully saturated rings. The summed E-state index contributed by atoms with van der Waals surface area (Å²) < 4.78 is 27.8. The molecule has 120 valence electrons. The van der Waals surface area contributed by atoms with Crippen LogP contribution >= 0.6 is 0 Å². The Labute approximate surface area is 126 Å². The summed E-state index contributed by atoms with van der Waals surface area (Å²) in [5.41, 5.74) is 4.38. The Bertz CT molecular complexity index is 913. The Hall–Kier alpha value is -2.04. The molecular weight excluding hydrogens is 310 g/mol. The van der Waals surface area contributed by atoms with E-state index in [9.17, 15) is 18.0 Å². The highest BCUT2D eigenvalue weighted by molar-refractivity contribution is 7.89. The largest absolute Gasteiger partial charge is 0.329 e. The first kappa shape index (κ1) is 16.3. The third-order valence-electron chi connectivity index (χ3n) is 3.13. The zero-order valence-electron chi connectivity index (χ0n) is 12.2. The quantitative estimate of drug-likeness (QED) is 0.619. The molecule has 9 nitrogen and oxygen atoms in total. The van der Waals surface area contributed by atoms with Crippen LogP contribution in [0.4, 0.5) is 0 Å². The van der Waals surface area contributed by atoms with Crippen LogP contribution in [0.25, 0.3) is 11.0 Å². The molecule has 0 aliphatic carbocycles. The van der Waals surface area contributed by atoms with E-state index >= 15 is 0 Å². The second-order valence-electron chi connectivity index (χ2n) is 5.02. The van der Waals surface area contributed by atoms with Gasteiger partial charge < -0.3 is 5.73 Å². The van der Waals surface area contributed by atoms with Crippen molar-refractivity contribution in [2.24, 2.45) is 12.8 Å². The van der Waals surface area contributed by atoms with Crippen LogP contribution in [0.5, 0.6) is 0 Å². The molecule has 2 aromatic rings. The van der Waals surface area contributed by atoms with Gasteiger partial charge in [-0.15, -0.1) is 0 Å². The van der Waals surface area contributed by atoms with Gasteiger partial charge in [-0.25, -0.2) is 22.9 Å². The summed E-state index contributed by atoms with van der Waals surface area (Å²) >= 11 is 0. The van der Waals surface area contributed by atoms with Crippen molar-refractivity contribution in [1.82, 2.24) is 19.3 Å². The van der Waals surface area contributed by atoms with Crippen molar-refractivity contribution in [3.05, 3.63) is 33.1 Å². The molecule has 0 radical (unpaired) electrons. The highest BCUT2D eigenvalue weighted by Gasteiger charge is 2.17. The predicted molar refractivity (Wildman–Crippen MR) is 81.1 cm³/mol. The number of aromatic amines is 1. The molecule has 1 unspecified atom stereocenters. The smallest absolute Gasteiger partial charge is 0.328 e. The van der Waals surface area contributed by atoms with E-state index in [0.29, 0.717) is 6.42 Å². The minimum absolute atomic E-state index is 0.0252. The molecule has 0 spiro atoms. The topological polar surface area (TPSA) is 140 Å². The fraction of sp³-hybridized carbons (Fsp3) is 0.417. The number of nitrogens with two attached hydrogens (primary N) is 1. The van der Waals surface area contributed by atoms with Crippen LogP contribution in [-0.4, -0.2) is 35.5 Å². The van der Waals surface area contributed by atoms with E-state index in [1.54, 1.807) is 6.92 Å². The van der Waals surface area contributed by atoms with E-state index in [-0.39, 0.29) is 28.5 Å². The van der Waals surface area contributed by atoms with Crippen LogP contribution in [0.2, 0.25) is 0 Å². The van der Waals surface area contributed by atoms with Gasteiger partial charge in [0, 0.05) is 25.8 Å². The molecule has 0 amide bonds. The highest BCUT2D eigenvalue weighted by atomic mass is 32.2. The summed E-state index contributed by atoms with van der Waals surface area (Å²) in [6.45, 7) is 1.95. The lowest BCUT2D eigenvalue weighted by atomic mass is 10.3. The minimum atomic E-state index is -3.80. The molecule has 22 heavy (non-hydrogen) atoms. The lowest BCUT2D eigenvalue weighted by Gasteiger charge is -2.09. The minimum Gasteiger partial charge on any atom is -0.328 e. The van der Waals surface area contributed by atoms with Crippen molar-refractivity contribution in [3.63, 3.8) is 0 Å². The van der Waals surface area contributed by atoms with E-state index in [1.165, 1.54) is 13.1 Å². The Morgan fingerprint density at radius 3 is 2.77 bits per heavy atom. The van der Waals surface area contributed by atoms with Gasteiger partial charge in [0.1, 0.15) is 10.5 Å². The number of H-pyrrole nitrogens is 1. The summed E-state index contributed by atoms with van der Waals surface area (Å²) in [5, 5.41) is 0.0252. The number of aromatic nitrogens is 3. The zero-order chi connectivity index (χ0) is 16.5. The van der Waals surface area contributed by atoms with Gasteiger partial charge in [0.05, 0.1) is 5.39 Å². The fourth-order valence-electron chi connectivity index (χ4n) is 1.87. The van der Waals surface area contributed by atoms with Crippen LogP contribution in [0.15, 0.2) is 26.7 Å². The number of nitrogens with one attached hydrogen (secondary N) is 2. The van der Waals surface area contributed by atoms with Gasteiger partial charge in [0.15, 0.2) is 0 Å². The van der Waals surface area contributed by atoms with Crippen molar-refractivity contribution < 1.29 is 8.42 Å². The molecule has 2 heterocycles. The van der Waals surface area contributed by atoms with Gasteiger partial charge in [-0.1, -0.05) is 0 Å². The van der Waals surface area contributed by atoms with Crippen LogP contribution in [0.3, 0.4) is 0 Å². The second kappa shape index (κ2) is 5.99. The third kappa shape index (κ3) is 3.24. The van der Waals surface area contributed by atoms with Crippen molar-refractivity contribution in [1.29, 1.82) is 0 Å². The molecule has 0 aromatic carbocycles. The molecule has 0 bridgehead atoms. The van der Waals surface area contributed by atoms with E-state index in [1.807, 2.05) is 0 Å². The van der Waals surface area contributed by atoms with Gasteiger partial charge in [0.2, 0.25) is 10.0 Å². The van der Waals surface area contributed by atoms with Crippen molar-refractivity contribution >= 4 is 21.1 Å². The number of sulfonamides is 1. The van der Waals surface area contributed by atoms with Crippen LogP contribution in [0, 0.1) is 0 Å². The number of rotatable bonds is 5. The van der Waals surface area contributed by atoms with Crippen LogP contribution < -0.4 is 21.7 Å². The molecule has 2 aromatic heterocycles. The lowest BCUT2D eigenvalue weighted by molar-refractivity contribution is 0.571. The summed E-state index contributed by atoms with van der Waals surface area (Å²) in [6, 6.07) is 1.06. The first-order valence-electron chi connectivity index (χ1n) is 6.56. The summed E-state index contributed by atoms with van der Waals surface area (Å²) in [4.78, 5) is 29.1. The Balaban J connectivity index is 2.46. The van der Waals surface area contributed by atoms with Gasteiger partial charge in [0.25, 0.3) is 5.56 Å². The molecule has 2 rings (SSSR count). The fourth-order valence-corrected chi connectivity index (χ4v) is 2.89. The molecule has 0 aliphatic rings. The van der Waals surface area contributed by atoms with E-state index in [0.717, 1.165) is 10.8 Å². The predicted octanol–water partition coefficient (Wildman–Crippen LogP) is -1.36. The second-order valence-corrected chi connectivity index (χ2v) is 6.79. The standard InChI is InChI=1S/C12H17N5O4S/c1-7(13)3-4-15-22(20,21)8-5-9-10(14-6-8)17(2)12(19)16-11(9)18/h5-7,15H,3-4,13H2,1-2H3,(H,16,18,19). The van der Waals surface area contributed by atoms with Crippen molar-refractivity contribution in [2.75, 3.05) is 6.54 Å². The lowest BCUT2D eigenvalue weighted by Crippen LogP contribution is -2.31. The molecule has 10 heteroatoms. The zero-order valence-corrected chi connectivity index (χ0v) is 13.0. The highest BCUT2D eigenvalue weighted by Crippen LogP contribution is 2.12. The molecule has 4 N–H and O–H groups in total. The maximum Gasteiger partial charge on any atom is 0.329 e.